The molecule has 1 aromatic heterocycles. The van der Waals surface area contributed by atoms with Gasteiger partial charge in [0, 0.05) is 10.0 Å². The molecule has 0 aliphatic heterocycles. The lowest BCUT2D eigenvalue weighted by atomic mass is 10.1. The maximum absolute atomic E-state index is 11.3. The van der Waals surface area contributed by atoms with Crippen molar-refractivity contribution in [3.05, 3.63) is 55.9 Å². The number of rotatable bonds is 3. The maximum Gasteiger partial charge on any atom is 0.285 e. The van der Waals surface area contributed by atoms with E-state index in [4.69, 9.17) is 11.6 Å². The van der Waals surface area contributed by atoms with Gasteiger partial charge in [-0.05, 0) is 13.0 Å². The maximum atomic E-state index is 11.3. The van der Waals surface area contributed by atoms with Gasteiger partial charge in [-0.15, -0.1) is 0 Å². The first kappa shape index (κ1) is 13.8. The van der Waals surface area contributed by atoms with Crippen LogP contribution in [0.5, 0.6) is 0 Å². The highest BCUT2D eigenvalue weighted by Gasteiger charge is 2.05. The number of hydrogen-bond acceptors (Lipinski definition) is 4. The summed E-state index contributed by atoms with van der Waals surface area (Å²) < 4.78 is 0.938. The number of hydrazone groups is 1. The number of anilines is 1. The van der Waals surface area contributed by atoms with Gasteiger partial charge in [-0.1, -0.05) is 45.7 Å². The quantitative estimate of drug-likeness (QED) is 0.666. The highest BCUT2D eigenvalue weighted by atomic mass is 79.9. The van der Waals surface area contributed by atoms with E-state index in [0.29, 0.717) is 5.69 Å². The van der Waals surface area contributed by atoms with Crippen molar-refractivity contribution in [2.24, 2.45) is 5.10 Å². The lowest BCUT2D eigenvalue weighted by Crippen LogP contribution is -2.10. The third kappa shape index (κ3) is 3.21. The minimum Gasteiger partial charge on any atom is -0.275 e. The molecule has 0 saturated heterocycles. The third-order valence-corrected chi connectivity index (χ3v) is 3.47. The van der Waals surface area contributed by atoms with E-state index in [1.807, 2.05) is 31.2 Å². The fraction of sp³-hybridized carbons (Fsp3) is 0.0833. The summed E-state index contributed by atoms with van der Waals surface area (Å²) in [7, 11) is 0. The van der Waals surface area contributed by atoms with Crippen LogP contribution in [0.2, 0.25) is 5.02 Å². The number of aromatic amines is 1. The zero-order chi connectivity index (χ0) is 13.8. The molecular weight excluding hydrogens is 332 g/mol. The van der Waals surface area contributed by atoms with Crippen LogP contribution in [-0.4, -0.2) is 15.9 Å². The number of hydrogen-bond donors (Lipinski definition) is 2. The van der Waals surface area contributed by atoms with E-state index in [9.17, 15) is 4.79 Å². The Morgan fingerprint density at radius 3 is 2.95 bits per heavy atom. The molecule has 0 aliphatic rings. The van der Waals surface area contributed by atoms with Crippen LogP contribution in [0.1, 0.15) is 12.5 Å². The van der Waals surface area contributed by atoms with Crippen molar-refractivity contribution in [1.82, 2.24) is 10.2 Å². The zero-order valence-corrected chi connectivity index (χ0v) is 12.3. The number of nitrogens with zero attached hydrogens (tertiary/aromatic N) is 2. The Hall–Kier alpha value is -1.66. The lowest BCUT2D eigenvalue weighted by Gasteiger charge is -2.05. The normalized spacial score (nSPS) is 11.4. The topological polar surface area (TPSA) is 70.1 Å². The van der Waals surface area contributed by atoms with Crippen molar-refractivity contribution in [2.75, 3.05) is 5.43 Å². The fourth-order valence-electron chi connectivity index (χ4n) is 1.42. The molecule has 98 valence electrons. The molecule has 0 fully saturated rings. The number of aromatic nitrogens is 2. The summed E-state index contributed by atoms with van der Waals surface area (Å²) in [5.41, 5.74) is 4.33. The summed E-state index contributed by atoms with van der Waals surface area (Å²) in [5, 5.41) is 10.1. The standard InChI is InChI=1S/C12H10BrClN4O/c1-7(8-4-2-3-5-9(8)13)16-17-10-6-15-18-12(19)11(10)14/h2-6H,1H3,(H2,17,18,19)/b16-7-. The van der Waals surface area contributed by atoms with Crippen LogP contribution in [0.15, 0.2) is 44.8 Å². The first-order chi connectivity index (χ1) is 9.09. The van der Waals surface area contributed by atoms with E-state index in [0.717, 1.165) is 15.7 Å². The molecule has 0 unspecified atom stereocenters. The summed E-state index contributed by atoms with van der Waals surface area (Å²) in [6.45, 7) is 1.85. The van der Waals surface area contributed by atoms with Gasteiger partial charge in [-0.2, -0.15) is 10.2 Å². The predicted molar refractivity (Wildman–Crippen MR) is 79.8 cm³/mol. The van der Waals surface area contributed by atoms with Gasteiger partial charge in [0.2, 0.25) is 0 Å². The van der Waals surface area contributed by atoms with Crippen LogP contribution in [0.3, 0.4) is 0 Å². The van der Waals surface area contributed by atoms with Crippen LogP contribution < -0.4 is 11.0 Å². The summed E-state index contributed by atoms with van der Waals surface area (Å²) >= 11 is 9.28. The van der Waals surface area contributed by atoms with Crippen molar-refractivity contribution >= 4 is 38.9 Å². The van der Waals surface area contributed by atoms with Crippen LogP contribution in [0.25, 0.3) is 0 Å². The number of halogens is 2. The van der Waals surface area contributed by atoms with Gasteiger partial charge in [0.25, 0.3) is 5.56 Å². The smallest absolute Gasteiger partial charge is 0.275 e. The van der Waals surface area contributed by atoms with Crippen molar-refractivity contribution in [1.29, 1.82) is 0 Å². The molecular formula is C12H10BrClN4O. The van der Waals surface area contributed by atoms with Gasteiger partial charge in [0.15, 0.2) is 0 Å². The molecule has 0 bridgehead atoms. The molecule has 0 spiro atoms. The summed E-state index contributed by atoms with van der Waals surface area (Å²) in [6.07, 6.45) is 1.40. The molecule has 19 heavy (non-hydrogen) atoms. The second-order valence-electron chi connectivity index (χ2n) is 3.72. The van der Waals surface area contributed by atoms with E-state index in [2.05, 4.69) is 36.7 Å². The van der Waals surface area contributed by atoms with E-state index >= 15 is 0 Å². The van der Waals surface area contributed by atoms with Crippen LogP contribution >= 0.6 is 27.5 Å². The van der Waals surface area contributed by atoms with E-state index < -0.39 is 5.56 Å². The molecule has 0 amide bonds. The first-order valence-electron chi connectivity index (χ1n) is 5.38. The Morgan fingerprint density at radius 1 is 1.47 bits per heavy atom. The molecule has 1 aromatic carbocycles. The third-order valence-electron chi connectivity index (χ3n) is 2.40. The van der Waals surface area contributed by atoms with Gasteiger partial charge in [0.05, 0.1) is 11.9 Å². The molecule has 2 N–H and O–H groups in total. The Balaban J connectivity index is 2.26. The monoisotopic (exact) mass is 340 g/mol. The molecule has 0 atom stereocenters. The Bertz CT molecular complexity index is 683. The second-order valence-corrected chi connectivity index (χ2v) is 4.95. The van der Waals surface area contributed by atoms with Crippen LogP contribution in [0, 0.1) is 0 Å². The molecule has 7 heteroatoms. The molecule has 2 aromatic rings. The first-order valence-corrected chi connectivity index (χ1v) is 6.55. The van der Waals surface area contributed by atoms with Gasteiger partial charge in [-0.25, -0.2) is 5.10 Å². The van der Waals surface area contributed by atoms with E-state index in [1.165, 1.54) is 6.20 Å². The molecule has 2 rings (SSSR count). The molecule has 1 heterocycles. The summed E-state index contributed by atoms with van der Waals surface area (Å²) in [6, 6.07) is 7.70. The fourth-order valence-corrected chi connectivity index (χ4v) is 2.13. The predicted octanol–water partition coefficient (Wildman–Crippen LogP) is 3.02. The Morgan fingerprint density at radius 2 is 2.21 bits per heavy atom. The van der Waals surface area contributed by atoms with Crippen molar-refractivity contribution < 1.29 is 0 Å². The van der Waals surface area contributed by atoms with Crippen molar-refractivity contribution in [3.8, 4) is 0 Å². The minimum absolute atomic E-state index is 0.0266. The Labute approximate surface area is 122 Å². The van der Waals surface area contributed by atoms with E-state index in [1.54, 1.807) is 0 Å². The SMILES string of the molecule is C/C(=N/Nc1cn[nH]c(=O)c1Cl)c1ccccc1Br. The minimum atomic E-state index is -0.458. The van der Waals surface area contributed by atoms with Gasteiger partial charge < -0.3 is 0 Å². The largest absolute Gasteiger partial charge is 0.285 e. The average Bonchev–Trinajstić information content (AvgIpc) is 2.40. The Kier molecular flexibility index (Phi) is 4.34. The lowest BCUT2D eigenvalue weighted by molar-refractivity contribution is 0.986. The van der Waals surface area contributed by atoms with Crippen molar-refractivity contribution in [2.45, 2.75) is 6.92 Å². The van der Waals surface area contributed by atoms with Crippen LogP contribution in [-0.2, 0) is 0 Å². The molecule has 0 radical (unpaired) electrons. The van der Waals surface area contributed by atoms with Gasteiger partial charge in [0.1, 0.15) is 10.7 Å². The number of benzene rings is 1. The molecule has 0 aliphatic carbocycles. The van der Waals surface area contributed by atoms with Crippen LogP contribution in [0.4, 0.5) is 5.69 Å². The summed E-state index contributed by atoms with van der Waals surface area (Å²) in [4.78, 5) is 11.3. The zero-order valence-electron chi connectivity index (χ0n) is 9.95. The number of nitrogens with one attached hydrogen (secondary N) is 2. The highest BCUT2D eigenvalue weighted by Crippen LogP contribution is 2.18. The van der Waals surface area contributed by atoms with Crippen molar-refractivity contribution in [3.63, 3.8) is 0 Å². The molecule has 0 saturated carbocycles. The van der Waals surface area contributed by atoms with Gasteiger partial charge in [-0.3, -0.25) is 10.2 Å². The highest BCUT2D eigenvalue weighted by molar-refractivity contribution is 9.10. The van der Waals surface area contributed by atoms with Gasteiger partial charge >= 0.3 is 0 Å². The average molecular weight is 342 g/mol. The number of H-pyrrole nitrogens is 1. The second kappa shape index (κ2) is 5.99. The van der Waals surface area contributed by atoms with E-state index in [-0.39, 0.29) is 5.02 Å². The molecule has 5 nitrogen and oxygen atoms in total. The summed E-state index contributed by atoms with van der Waals surface area (Å²) in [5.74, 6) is 0.